The van der Waals surface area contributed by atoms with Gasteiger partial charge < -0.3 is 10.3 Å². The lowest BCUT2D eigenvalue weighted by Gasteiger charge is -2.03. The van der Waals surface area contributed by atoms with Crippen molar-refractivity contribution in [1.82, 2.24) is 9.97 Å². The maximum Gasteiger partial charge on any atom is 0.252 e. The zero-order valence-corrected chi connectivity index (χ0v) is 8.81. The summed E-state index contributed by atoms with van der Waals surface area (Å²) in [5.41, 5.74) is -0.157. The van der Waals surface area contributed by atoms with E-state index in [4.69, 9.17) is 0 Å². The first-order chi connectivity index (χ1) is 6.08. The Kier molecular flexibility index (Phi) is 3.25. The molecule has 0 aliphatic heterocycles. The van der Waals surface area contributed by atoms with Crippen LogP contribution in [0.4, 0.5) is 5.82 Å². The maximum atomic E-state index is 11.0. The van der Waals surface area contributed by atoms with Gasteiger partial charge in [0.25, 0.3) is 5.56 Å². The largest absolute Gasteiger partial charge is 0.365 e. The number of anilines is 1. The maximum absolute atomic E-state index is 11.0. The van der Waals surface area contributed by atoms with Gasteiger partial charge in [-0.25, -0.2) is 4.98 Å². The molecule has 0 saturated heterocycles. The molecule has 0 fully saturated rings. The number of rotatable bonds is 3. The van der Waals surface area contributed by atoms with Crippen molar-refractivity contribution in [2.75, 3.05) is 11.9 Å². The van der Waals surface area contributed by atoms with Crippen LogP contribution in [-0.2, 0) is 0 Å². The highest BCUT2D eigenvalue weighted by Gasteiger charge is 1.96. The van der Waals surface area contributed by atoms with E-state index in [1.807, 2.05) is 0 Å². The third kappa shape index (κ3) is 3.42. The molecule has 5 heteroatoms. The van der Waals surface area contributed by atoms with Gasteiger partial charge in [-0.2, -0.15) is 0 Å². The first-order valence-electron chi connectivity index (χ1n) is 3.73. The standard InChI is InChI=1S/C8H10BrN3O/c1-5(9)4-10-7-3-8(13)12-6(2)11-7/h3H,1,4H2,2H3,(H2,10,11,12,13). The van der Waals surface area contributed by atoms with Crippen LogP contribution in [0.15, 0.2) is 21.9 Å². The molecule has 0 aromatic carbocycles. The number of aryl methyl sites for hydroxylation is 1. The van der Waals surface area contributed by atoms with Gasteiger partial charge in [0, 0.05) is 17.1 Å². The van der Waals surface area contributed by atoms with Crippen LogP contribution < -0.4 is 10.9 Å². The Morgan fingerprint density at radius 2 is 2.54 bits per heavy atom. The molecule has 0 unspecified atom stereocenters. The fraction of sp³-hybridized carbons (Fsp3) is 0.250. The van der Waals surface area contributed by atoms with Crippen LogP contribution in [0, 0.1) is 6.92 Å². The SMILES string of the molecule is C=C(Br)CNc1cc(=O)[nH]c(C)n1. The predicted octanol–water partition coefficient (Wildman–Crippen LogP) is 1.40. The lowest BCUT2D eigenvalue weighted by Crippen LogP contribution is -2.12. The average Bonchev–Trinajstić information content (AvgIpc) is 1.99. The van der Waals surface area contributed by atoms with Crippen molar-refractivity contribution < 1.29 is 0 Å². The number of hydrogen-bond acceptors (Lipinski definition) is 3. The van der Waals surface area contributed by atoms with Crippen molar-refractivity contribution in [2.45, 2.75) is 6.92 Å². The van der Waals surface area contributed by atoms with E-state index >= 15 is 0 Å². The summed E-state index contributed by atoms with van der Waals surface area (Å²) in [5.74, 6) is 1.15. The monoisotopic (exact) mass is 243 g/mol. The third-order valence-corrected chi connectivity index (χ3v) is 1.60. The molecule has 0 amide bonds. The molecule has 13 heavy (non-hydrogen) atoms. The molecule has 1 heterocycles. The number of hydrogen-bond donors (Lipinski definition) is 2. The number of aromatic nitrogens is 2. The van der Waals surface area contributed by atoms with Crippen LogP contribution >= 0.6 is 15.9 Å². The summed E-state index contributed by atoms with van der Waals surface area (Å²) in [6.07, 6.45) is 0. The average molecular weight is 244 g/mol. The second-order valence-electron chi connectivity index (χ2n) is 2.59. The van der Waals surface area contributed by atoms with Crippen molar-refractivity contribution in [3.8, 4) is 0 Å². The number of nitrogens with one attached hydrogen (secondary N) is 2. The molecule has 0 radical (unpaired) electrons. The summed E-state index contributed by atoms with van der Waals surface area (Å²) in [5, 5.41) is 2.95. The van der Waals surface area contributed by atoms with Crippen LogP contribution in [0.2, 0.25) is 0 Å². The van der Waals surface area contributed by atoms with Gasteiger partial charge in [0.2, 0.25) is 0 Å². The Balaban J connectivity index is 2.77. The molecule has 2 N–H and O–H groups in total. The minimum Gasteiger partial charge on any atom is -0.365 e. The normalized spacial score (nSPS) is 9.69. The molecule has 1 rings (SSSR count). The quantitative estimate of drug-likeness (QED) is 0.844. The molecular weight excluding hydrogens is 234 g/mol. The van der Waals surface area contributed by atoms with E-state index in [0.717, 1.165) is 4.48 Å². The van der Waals surface area contributed by atoms with Crippen LogP contribution in [-0.4, -0.2) is 16.5 Å². The summed E-state index contributed by atoms with van der Waals surface area (Å²) in [4.78, 5) is 17.6. The summed E-state index contributed by atoms with van der Waals surface area (Å²) in [6, 6.07) is 1.41. The Hall–Kier alpha value is -1.10. The highest BCUT2D eigenvalue weighted by atomic mass is 79.9. The molecule has 0 saturated carbocycles. The molecule has 1 aromatic rings. The number of H-pyrrole nitrogens is 1. The lowest BCUT2D eigenvalue weighted by molar-refractivity contribution is 1.01. The molecule has 1 aromatic heterocycles. The highest BCUT2D eigenvalue weighted by Crippen LogP contribution is 2.03. The van der Waals surface area contributed by atoms with Gasteiger partial charge in [0.05, 0.1) is 0 Å². The molecule has 4 nitrogen and oxygen atoms in total. The first kappa shape index (κ1) is 9.98. The van der Waals surface area contributed by atoms with Crippen LogP contribution in [0.5, 0.6) is 0 Å². The summed E-state index contributed by atoms with van der Waals surface area (Å²) < 4.78 is 0.812. The second-order valence-corrected chi connectivity index (χ2v) is 3.71. The Morgan fingerprint density at radius 1 is 1.85 bits per heavy atom. The lowest BCUT2D eigenvalue weighted by atomic mass is 10.5. The number of aromatic amines is 1. The van der Waals surface area contributed by atoms with Crippen molar-refractivity contribution in [2.24, 2.45) is 0 Å². The molecule has 0 spiro atoms. The Labute approximate surface area is 84.2 Å². The molecule has 0 aliphatic carbocycles. The summed E-state index contributed by atoms with van der Waals surface area (Å²) in [6.45, 7) is 5.94. The van der Waals surface area contributed by atoms with Crippen molar-refractivity contribution in [3.63, 3.8) is 0 Å². The highest BCUT2D eigenvalue weighted by molar-refractivity contribution is 9.11. The Morgan fingerprint density at radius 3 is 3.08 bits per heavy atom. The van der Waals surface area contributed by atoms with Gasteiger partial charge in [-0.05, 0) is 6.92 Å². The number of nitrogens with zero attached hydrogens (tertiary/aromatic N) is 1. The van der Waals surface area contributed by atoms with Gasteiger partial charge in [-0.1, -0.05) is 22.5 Å². The van der Waals surface area contributed by atoms with Gasteiger partial charge in [0.15, 0.2) is 0 Å². The predicted molar refractivity (Wildman–Crippen MR) is 56.2 cm³/mol. The van der Waals surface area contributed by atoms with Gasteiger partial charge in [-0.3, -0.25) is 4.79 Å². The summed E-state index contributed by atoms with van der Waals surface area (Å²) in [7, 11) is 0. The van der Waals surface area contributed by atoms with Crippen LogP contribution in [0.3, 0.4) is 0 Å². The molecule has 0 bridgehead atoms. The van der Waals surface area contributed by atoms with Crippen molar-refractivity contribution in [3.05, 3.63) is 33.3 Å². The van der Waals surface area contributed by atoms with Gasteiger partial charge in [0.1, 0.15) is 11.6 Å². The number of halogens is 1. The fourth-order valence-corrected chi connectivity index (χ4v) is 0.997. The van der Waals surface area contributed by atoms with Gasteiger partial charge >= 0.3 is 0 Å². The van der Waals surface area contributed by atoms with Crippen molar-refractivity contribution >= 4 is 21.7 Å². The zero-order valence-electron chi connectivity index (χ0n) is 7.22. The Bertz CT molecular complexity index is 372. The zero-order chi connectivity index (χ0) is 9.84. The van der Waals surface area contributed by atoms with E-state index in [0.29, 0.717) is 18.2 Å². The van der Waals surface area contributed by atoms with Crippen LogP contribution in [0.1, 0.15) is 5.82 Å². The van der Waals surface area contributed by atoms with Gasteiger partial charge in [-0.15, -0.1) is 0 Å². The van der Waals surface area contributed by atoms with E-state index in [9.17, 15) is 4.79 Å². The van der Waals surface area contributed by atoms with E-state index < -0.39 is 0 Å². The van der Waals surface area contributed by atoms with E-state index in [2.05, 4.69) is 37.8 Å². The third-order valence-electron chi connectivity index (χ3n) is 1.32. The first-order valence-corrected chi connectivity index (χ1v) is 4.52. The van der Waals surface area contributed by atoms with Crippen LogP contribution in [0.25, 0.3) is 0 Å². The van der Waals surface area contributed by atoms with E-state index in [-0.39, 0.29) is 5.56 Å². The summed E-state index contributed by atoms with van der Waals surface area (Å²) >= 11 is 3.20. The van der Waals surface area contributed by atoms with E-state index in [1.165, 1.54) is 6.07 Å². The smallest absolute Gasteiger partial charge is 0.252 e. The molecule has 70 valence electrons. The molecule has 0 aliphatic rings. The van der Waals surface area contributed by atoms with Crippen molar-refractivity contribution in [1.29, 1.82) is 0 Å². The fourth-order valence-electron chi connectivity index (χ4n) is 0.856. The minimum absolute atomic E-state index is 0.157. The molecular formula is C8H10BrN3O. The van der Waals surface area contributed by atoms with E-state index in [1.54, 1.807) is 6.92 Å². The second kappa shape index (κ2) is 4.23. The topological polar surface area (TPSA) is 57.8 Å². The molecule has 0 atom stereocenters. The minimum atomic E-state index is -0.157.